The van der Waals surface area contributed by atoms with Gasteiger partial charge in [0.1, 0.15) is 11.3 Å². The number of anilines is 1. The van der Waals surface area contributed by atoms with Crippen LogP contribution in [-0.4, -0.2) is 69.4 Å². The lowest BCUT2D eigenvalue weighted by molar-refractivity contribution is 0.0391. The molecular weight excluding hydrogens is 472 g/mol. The SMILES string of the molecule is CCS(=O)(=O)c1cccc(C(=O)N(CCN2CCOCC2)c2nc3c(F)cc(F)cc3s2)c1. The number of sulfone groups is 1. The van der Waals surface area contributed by atoms with E-state index in [0.29, 0.717) is 32.8 Å². The molecule has 176 valence electrons. The predicted octanol–water partition coefficient (Wildman–Crippen LogP) is 3.35. The summed E-state index contributed by atoms with van der Waals surface area (Å²) < 4.78 is 58.2. The van der Waals surface area contributed by atoms with Crippen molar-refractivity contribution in [3.05, 3.63) is 53.6 Å². The maximum Gasteiger partial charge on any atom is 0.260 e. The molecule has 4 rings (SSSR count). The van der Waals surface area contributed by atoms with Crippen LogP contribution in [0.1, 0.15) is 17.3 Å². The van der Waals surface area contributed by atoms with Crippen molar-refractivity contribution in [3.63, 3.8) is 0 Å². The first-order chi connectivity index (χ1) is 15.8. The van der Waals surface area contributed by atoms with Gasteiger partial charge in [0.05, 0.1) is 28.6 Å². The fraction of sp³-hybridized carbons (Fsp3) is 0.364. The zero-order valence-corrected chi connectivity index (χ0v) is 19.6. The number of carbonyl (C=O) groups is 1. The Balaban J connectivity index is 1.70. The van der Waals surface area contributed by atoms with Gasteiger partial charge >= 0.3 is 0 Å². The van der Waals surface area contributed by atoms with Gasteiger partial charge in [-0.25, -0.2) is 22.2 Å². The molecule has 0 N–H and O–H groups in total. The van der Waals surface area contributed by atoms with E-state index < -0.39 is 27.4 Å². The van der Waals surface area contributed by atoms with Gasteiger partial charge in [0.25, 0.3) is 5.91 Å². The topological polar surface area (TPSA) is 79.8 Å². The van der Waals surface area contributed by atoms with Crippen LogP contribution in [0, 0.1) is 11.6 Å². The van der Waals surface area contributed by atoms with Crippen LogP contribution in [-0.2, 0) is 14.6 Å². The van der Waals surface area contributed by atoms with Gasteiger partial charge in [-0.15, -0.1) is 0 Å². The second kappa shape index (κ2) is 9.80. The van der Waals surface area contributed by atoms with Gasteiger partial charge in [-0.05, 0) is 24.3 Å². The molecule has 0 spiro atoms. The summed E-state index contributed by atoms with van der Waals surface area (Å²) in [6.07, 6.45) is 0. The zero-order valence-electron chi connectivity index (χ0n) is 18.0. The van der Waals surface area contributed by atoms with Gasteiger partial charge in [0, 0.05) is 37.8 Å². The van der Waals surface area contributed by atoms with E-state index in [9.17, 15) is 22.0 Å². The van der Waals surface area contributed by atoms with Crippen molar-refractivity contribution in [2.24, 2.45) is 0 Å². The molecule has 1 amide bonds. The Morgan fingerprint density at radius 3 is 2.70 bits per heavy atom. The van der Waals surface area contributed by atoms with Crippen molar-refractivity contribution in [2.75, 3.05) is 50.0 Å². The molecule has 1 aromatic heterocycles. The summed E-state index contributed by atoms with van der Waals surface area (Å²) in [6.45, 7) is 4.92. The number of amides is 1. The molecule has 11 heteroatoms. The molecule has 7 nitrogen and oxygen atoms in total. The van der Waals surface area contributed by atoms with Gasteiger partial charge in [-0.2, -0.15) is 0 Å². The Kier molecular flexibility index (Phi) is 7.03. The van der Waals surface area contributed by atoms with Gasteiger partial charge < -0.3 is 4.74 Å². The van der Waals surface area contributed by atoms with Gasteiger partial charge in [-0.1, -0.05) is 24.3 Å². The fourth-order valence-corrected chi connectivity index (χ4v) is 5.51. The van der Waals surface area contributed by atoms with Crippen LogP contribution in [0.15, 0.2) is 41.3 Å². The molecule has 1 saturated heterocycles. The summed E-state index contributed by atoms with van der Waals surface area (Å²) >= 11 is 1.01. The lowest BCUT2D eigenvalue weighted by atomic mass is 10.2. The average molecular weight is 496 g/mol. The van der Waals surface area contributed by atoms with E-state index in [1.165, 1.54) is 42.2 Å². The number of halogens is 2. The quantitative estimate of drug-likeness (QED) is 0.500. The average Bonchev–Trinajstić information content (AvgIpc) is 3.24. The smallest absolute Gasteiger partial charge is 0.260 e. The monoisotopic (exact) mass is 495 g/mol. The number of fused-ring (bicyclic) bond motifs is 1. The molecule has 0 bridgehead atoms. The zero-order chi connectivity index (χ0) is 23.6. The molecule has 2 aromatic carbocycles. The summed E-state index contributed by atoms with van der Waals surface area (Å²) in [4.78, 5) is 21.4. The maximum absolute atomic E-state index is 14.3. The van der Waals surface area contributed by atoms with E-state index in [1.54, 1.807) is 0 Å². The van der Waals surface area contributed by atoms with Crippen LogP contribution in [0.5, 0.6) is 0 Å². The number of hydrogen-bond donors (Lipinski definition) is 0. The molecule has 33 heavy (non-hydrogen) atoms. The van der Waals surface area contributed by atoms with E-state index in [-0.39, 0.29) is 38.1 Å². The van der Waals surface area contributed by atoms with Crippen LogP contribution in [0.2, 0.25) is 0 Å². The lowest BCUT2D eigenvalue weighted by Gasteiger charge is -2.29. The number of nitrogens with zero attached hydrogens (tertiary/aromatic N) is 3. The highest BCUT2D eigenvalue weighted by molar-refractivity contribution is 7.91. The fourth-order valence-electron chi connectivity index (χ4n) is 3.56. The second-order valence-corrected chi connectivity index (χ2v) is 10.9. The summed E-state index contributed by atoms with van der Waals surface area (Å²) in [5.74, 6) is -2.08. The molecule has 1 fully saturated rings. The Labute approximate surface area is 194 Å². The second-order valence-electron chi connectivity index (χ2n) is 7.57. The number of carbonyl (C=O) groups excluding carboxylic acids is 1. The molecule has 0 unspecified atom stereocenters. The molecule has 0 saturated carbocycles. The standard InChI is InChI=1S/C22H23F2N3O4S2/c1-2-33(29,30)17-5-3-4-15(12-17)21(28)27(7-6-26-8-10-31-11-9-26)22-25-20-18(24)13-16(23)14-19(20)32-22/h3-5,12-14H,2,6-11H2,1H3. The third-order valence-electron chi connectivity index (χ3n) is 5.44. The van der Waals surface area contributed by atoms with Crippen LogP contribution < -0.4 is 4.90 Å². The molecular formula is C22H23F2N3O4S2. The minimum absolute atomic E-state index is 0.0112. The number of thiazole rings is 1. The van der Waals surface area contributed by atoms with E-state index in [0.717, 1.165) is 17.4 Å². The molecule has 1 aliphatic rings. The van der Waals surface area contributed by atoms with Crippen molar-refractivity contribution in [3.8, 4) is 0 Å². The van der Waals surface area contributed by atoms with Crippen molar-refractivity contribution in [1.82, 2.24) is 9.88 Å². The molecule has 0 aliphatic carbocycles. The first kappa shape index (κ1) is 23.7. The highest BCUT2D eigenvalue weighted by Crippen LogP contribution is 2.32. The highest BCUT2D eigenvalue weighted by Gasteiger charge is 2.25. The van der Waals surface area contributed by atoms with Crippen molar-refractivity contribution in [1.29, 1.82) is 0 Å². The van der Waals surface area contributed by atoms with E-state index in [2.05, 4.69) is 9.88 Å². The summed E-state index contributed by atoms with van der Waals surface area (Å²) in [5, 5.41) is 0.219. The van der Waals surface area contributed by atoms with E-state index in [1.807, 2.05) is 0 Å². The normalized spacial score (nSPS) is 15.1. The first-order valence-corrected chi connectivity index (χ1v) is 13.0. The molecule has 0 radical (unpaired) electrons. The van der Waals surface area contributed by atoms with Crippen LogP contribution in [0.25, 0.3) is 10.2 Å². The van der Waals surface area contributed by atoms with E-state index >= 15 is 0 Å². The molecule has 0 atom stereocenters. The minimum Gasteiger partial charge on any atom is -0.379 e. The molecule has 1 aliphatic heterocycles. The third kappa shape index (κ3) is 5.21. The summed E-state index contributed by atoms with van der Waals surface area (Å²) in [5.41, 5.74) is 0.167. The van der Waals surface area contributed by atoms with Crippen molar-refractivity contribution < 1.29 is 26.7 Å². The summed E-state index contributed by atoms with van der Waals surface area (Å²) in [7, 11) is -3.50. The Bertz CT molecular complexity index is 1270. The van der Waals surface area contributed by atoms with E-state index in [4.69, 9.17) is 4.74 Å². The lowest BCUT2D eigenvalue weighted by Crippen LogP contribution is -2.43. The first-order valence-electron chi connectivity index (χ1n) is 10.5. The van der Waals surface area contributed by atoms with Gasteiger partial charge in [-0.3, -0.25) is 14.6 Å². The number of ether oxygens (including phenoxy) is 1. The maximum atomic E-state index is 14.3. The van der Waals surface area contributed by atoms with Gasteiger partial charge in [0.15, 0.2) is 20.8 Å². The highest BCUT2D eigenvalue weighted by atomic mass is 32.2. The third-order valence-corrected chi connectivity index (χ3v) is 8.20. The van der Waals surface area contributed by atoms with Crippen LogP contribution in [0.4, 0.5) is 13.9 Å². The number of benzene rings is 2. The largest absolute Gasteiger partial charge is 0.379 e. The van der Waals surface area contributed by atoms with Gasteiger partial charge in [0.2, 0.25) is 0 Å². The predicted molar refractivity (Wildman–Crippen MR) is 123 cm³/mol. The number of morpholine rings is 1. The Morgan fingerprint density at radius 1 is 1.21 bits per heavy atom. The van der Waals surface area contributed by atoms with Crippen LogP contribution >= 0.6 is 11.3 Å². The minimum atomic E-state index is -3.50. The summed E-state index contributed by atoms with van der Waals surface area (Å²) in [6, 6.07) is 7.78. The Morgan fingerprint density at radius 2 is 1.97 bits per heavy atom. The number of hydrogen-bond acceptors (Lipinski definition) is 7. The number of rotatable bonds is 7. The van der Waals surface area contributed by atoms with Crippen molar-refractivity contribution >= 4 is 42.4 Å². The number of aromatic nitrogens is 1. The van der Waals surface area contributed by atoms with Crippen molar-refractivity contribution in [2.45, 2.75) is 11.8 Å². The Hall–Kier alpha value is -2.47. The molecule has 2 heterocycles. The van der Waals surface area contributed by atoms with Crippen LogP contribution in [0.3, 0.4) is 0 Å². The molecule has 3 aromatic rings.